The fourth-order valence-electron chi connectivity index (χ4n) is 2.69. The minimum Gasteiger partial charge on any atom is -0.326 e. The lowest BCUT2D eigenvalue weighted by atomic mass is 10.0. The molecule has 1 saturated carbocycles. The van der Waals surface area contributed by atoms with Gasteiger partial charge in [-0.3, -0.25) is 0 Å². The molecule has 0 radical (unpaired) electrons. The van der Waals surface area contributed by atoms with E-state index in [4.69, 9.17) is 5.73 Å². The Labute approximate surface area is 87.8 Å². The van der Waals surface area contributed by atoms with E-state index in [1.54, 1.807) is 0 Å². The van der Waals surface area contributed by atoms with Crippen molar-refractivity contribution in [1.29, 1.82) is 0 Å². The predicted molar refractivity (Wildman–Crippen MR) is 60.2 cm³/mol. The first-order valence-electron chi connectivity index (χ1n) is 6.27. The molecular formula is C12H24N2. The minimum absolute atomic E-state index is 0.468. The van der Waals surface area contributed by atoms with Crippen molar-refractivity contribution in [2.45, 2.75) is 45.1 Å². The van der Waals surface area contributed by atoms with Gasteiger partial charge in [0.1, 0.15) is 0 Å². The van der Waals surface area contributed by atoms with Gasteiger partial charge in [0.05, 0.1) is 0 Å². The highest BCUT2D eigenvalue weighted by atomic mass is 15.2. The van der Waals surface area contributed by atoms with Crippen LogP contribution in [0.15, 0.2) is 0 Å². The van der Waals surface area contributed by atoms with Gasteiger partial charge in [0, 0.05) is 19.1 Å². The molecule has 0 aromatic rings. The number of hydrogen-bond donors (Lipinski definition) is 1. The zero-order valence-electron chi connectivity index (χ0n) is 9.41. The number of rotatable bonds is 5. The van der Waals surface area contributed by atoms with Crippen LogP contribution in [0.4, 0.5) is 0 Å². The van der Waals surface area contributed by atoms with Gasteiger partial charge in [-0.1, -0.05) is 13.3 Å². The van der Waals surface area contributed by atoms with Gasteiger partial charge >= 0.3 is 0 Å². The molecule has 1 aliphatic carbocycles. The average Bonchev–Trinajstić information content (AvgIpc) is 2.92. The van der Waals surface area contributed by atoms with E-state index in [1.807, 2.05) is 0 Å². The van der Waals surface area contributed by atoms with E-state index < -0.39 is 0 Å². The van der Waals surface area contributed by atoms with Crippen molar-refractivity contribution in [3.8, 4) is 0 Å². The fourth-order valence-corrected chi connectivity index (χ4v) is 2.69. The van der Waals surface area contributed by atoms with Crippen molar-refractivity contribution < 1.29 is 0 Å². The monoisotopic (exact) mass is 196 g/mol. The van der Waals surface area contributed by atoms with Crippen LogP contribution in [0.25, 0.3) is 0 Å². The van der Waals surface area contributed by atoms with Crippen LogP contribution in [0.1, 0.15) is 39.0 Å². The number of hydrogen-bond acceptors (Lipinski definition) is 2. The van der Waals surface area contributed by atoms with Gasteiger partial charge in [-0.25, -0.2) is 0 Å². The van der Waals surface area contributed by atoms with Crippen molar-refractivity contribution in [2.75, 3.05) is 19.6 Å². The first kappa shape index (κ1) is 10.4. The summed E-state index contributed by atoms with van der Waals surface area (Å²) in [6.45, 7) is 6.06. The highest BCUT2D eigenvalue weighted by Gasteiger charge is 2.31. The standard InChI is InChI=1S/C12H24N2/c1-2-3-10-6-7-14(8-10)9-12(13)11-4-5-11/h10-12H,2-9,13H2,1H3. The van der Waals surface area contributed by atoms with E-state index in [0.717, 1.165) is 18.4 Å². The minimum atomic E-state index is 0.468. The van der Waals surface area contributed by atoms with Gasteiger partial charge in [-0.2, -0.15) is 0 Å². The lowest BCUT2D eigenvalue weighted by Gasteiger charge is -2.20. The van der Waals surface area contributed by atoms with Crippen molar-refractivity contribution >= 4 is 0 Å². The summed E-state index contributed by atoms with van der Waals surface area (Å²) in [6, 6.07) is 0.468. The summed E-state index contributed by atoms with van der Waals surface area (Å²) in [6.07, 6.45) is 6.92. The van der Waals surface area contributed by atoms with Crippen LogP contribution in [-0.2, 0) is 0 Å². The van der Waals surface area contributed by atoms with Crippen molar-refractivity contribution in [2.24, 2.45) is 17.6 Å². The molecule has 2 nitrogen and oxygen atoms in total. The van der Waals surface area contributed by atoms with Crippen LogP contribution in [0.3, 0.4) is 0 Å². The van der Waals surface area contributed by atoms with Crippen LogP contribution in [0, 0.1) is 11.8 Å². The first-order valence-corrected chi connectivity index (χ1v) is 6.27. The summed E-state index contributed by atoms with van der Waals surface area (Å²) in [7, 11) is 0. The average molecular weight is 196 g/mol. The summed E-state index contributed by atoms with van der Waals surface area (Å²) in [4.78, 5) is 2.59. The van der Waals surface area contributed by atoms with E-state index in [9.17, 15) is 0 Å². The molecule has 2 N–H and O–H groups in total. The number of nitrogens with zero attached hydrogens (tertiary/aromatic N) is 1. The Balaban J connectivity index is 1.67. The van der Waals surface area contributed by atoms with Crippen LogP contribution in [0.2, 0.25) is 0 Å². The van der Waals surface area contributed by atoms with Gasteiger partial charge in [0.2, 0.25) is 0 Å². The Morgan fingerprint density at radius 1 is 1.36 bits per heavy atom. The first-order chi connectivity index (χ1) is 6.79. The molecule has 2 aliphatic rings. The summed E-state index contributed by atoms with van der Waals surface area (Å²) >= 11 is 0. The molecule has 0 spiro atoms. The lowest BCUT2D eigenvalue weighted by Crippen LogP contribution is -2.37. The Morgan fingerprint density at radius 3 is 2.79 bits per heavy atom. The molecule has 1 aliphatic heterocycles. The molecule has 0 aromatic carbocycles. The molecule has 2 heteroatoms. The third-order valence-electron chi connectivity index (χ3n) is 3.76. The Bertz CT molecular complexity index is 177. The lowest BCUT2D eigenvalue weighted by molar-refractivity contribution is 0.288. The van der Waals surface area contributed by atoms with Crippen LogP contribution in [-0.4, -0.2) is 30.6 Å². The number of likely N-dealkylation sites (tertiary alicyclic amines) is 1. The summed E-state index contributed by atoms with van der Waals surface area (Å²) in [5.41, 5.74) is 6.14. The van der Waals surface area contributed by atoms with E-state index in [2.05, 4.69) is 11.8 Å². The van der Waals surface area contributed by atoms with E-state index in [0.29, 0.717) is 6.04 Å². The topological polar surface area (TPSA) is 29.3 Å². The Hall–Kier alpha value is -0.0800. The van der Waals surface area contributed by atoms with E-state index in [1.165, 1.54) is 45.2 Å². The molecule has 2 rings (SSSR count). The Kier molecular flexibility index (Phi) is 3.45. The van der Waals surface area contributed by atoms with Crippen LogP contribution in [0.5, 0.6) is 0 Å². The third-order valence-corrected chi connectivity index (χ3v) is 3.76. The predicted octanol–water partition coefficient (Wildman–Crippen LogP) is 1.85. The normalized spacial score (nSPS) is 30.9. The summed E-state index contributed by atoms with van der Waals surface area (Å²) < 4.78 is 0. The molecule has 14 heavy (non-hydrogen) atoms. The third kappa shape index (κ3) is 2.71. The maximum absolute atomic E-state index is 6.14. The molecule has 0 amide bonds. The molecule has 82 valence electrons. The van der Waals surface area contributed by atoms with Crippen LogP contribution >= 0.6 is 0 Å². The highest BCUT2D eigenvalue weighted by molar-refractivity contribution is 4.87. The van der Waals surface area contributed by atoms with E-state index >= 15 is 0 Å². The largest absolute Gasteiger partial charge is 0.326 e. The molecule has 2 atom stereocenters. The second kappa shape index (κ2) is 4.63. The zero-order valence-corrected chi connectivity index (χ0v) is 9.41. The SMILES string of the molecule is CCCC1CCN(CC(N)C2CC2)C1. The van der Waals surface area contributed by atoms with Gasteiger partial charge in [-0.05, 0) is 44.1 Å². The molecule has 2 unspecified atom stereocenters. The van der Waals surface area contributed by atoms with E-state index in [-0.39, 0.29) is 0 Å². The molecular weight excluding hydrogens is 172 g/mol. The zero-order chi connectivity index (χ0) is 9.97. The molecule has 2 fully saturated rings. The second-order valence-electron chi connectivity index (χ2n) is 5.20. The van der Waals surface area contributed by atoms with Gasteiger partial charge in [0.15, 0.2) is 0 Å². The maximum Gasteiger partial charge on any atom is 0.0196 e. The van der Waals surface area contributed by atoms with Gasteiger partial charge in [-0.15, -0.1) is 0 Å². The number of nitrogens with two attached hydrogens (primary N) is 1. The van der Waals surface area contributed by atoms with Crippen molar-refractivity contribution in [3.63, 3.8) is 0 Å². The summed E-state index contributed by atoms with van der Waals surface area (Å²) in [5.74, 6) is 1.83. The van der Waals surface area contributed by atoms with Gasteiger partial charge < -0.3 is 10.6 Å². The summed E-state index contributed by atoms with van der Waals surface area (Å²) in [5, 5.41) is 0. The molecule has 0 aromatic heterocycles. The fraction of sp³-hybridized carbons (Fsp3) is 1.00. The molecule has 1 heterocycles. The quantitative estimate of drug-likeness (QED) is 0.727. The maximum atomic E-state index is 6.14. The van der Waals surface area contributed by atoms with Gasteiger partial charge in [0.25, 0.3) is 0 Å². The Morgan fingerprint density at radius 2 is 2.14 bits per heavy atom. The van der Waals surface area contributed by atoms with Crippen molar-refractivity contribution in [1.82, 2.24) is 4.90 Å². The molecule has 0 bridgehead atoms. The second-order valence-corrected chi connectivity index (χ2v) is 5.20. The molecule has 1 saturated heterocycles. The van der Waals surface area contributed by atoms with Crippen LogP contribution < -0.4 is 5.73 Å². The van der Waals surface area contributed by atoms with Crippen molar-refractivity contribution in [3.05, 3.63) is 0 Å². The highest BCUT2D eigenvalue weighted by Crippen LogP contribution is 2.32. The smallest absolute Gasteiger partial charge is 0.0196 e.